The van der Waals surface area contributed by atoms with Crippen LogP contribution in [0.15, 0.2) is 70.5 Å². The Morgan fingerprint density at radius 3 is 2.62 bits per heavy atom. The number of non-ortho nitro benzene ring substituents is 1. The van der Waals surface area contributed by atoms with Crippen LogP contribution in [0.2, 0.25) is 0 Å². The Balaban J connectivity index is 1.51. The van der Waals surface area contributed by atoms with Gasteiger partial charge in [-0.2, -0.15) is 5.26 Å². The first-order valence-corrected chi connectivity index (χ1v) is 11.4. The number of benzene rings is 3. The van der Waals surface area contributed by atoms with Gasteiger partial charge in [-0.3, -0.25) is 10.1 Å². The summed E-state index contributed by atoms with van der Waals surface area (Å²) >= 11 is 0. The van der Waals surface area contributed by atoms with Crippen molar-refractivity contribution in [1.82, 2.24) is 0 Å². The number of nitrogens with zero attached hydrogens (tertiary/aromatic N) is 2. The first-order chi connectivity index (χ1) is 17.7. The van der Waals surface area contributed by atoms with Crippen molar-refractivity contribution < 1.29 is 23.6 Å². The fourth-order valence-electron chi connectivity index (χ4n) is 4.53. The number of fused-ring (bicyclic) bond motifs is 2. The second kappa shape index (κ2) is 8.84. The molecule has 9 nitrogen and oxygen atoms in total. The predicted octanol–water partition coefficient (Wildman–Crippen LogP) is 5.70. The minimum Gasteiger partial charge on any atom is -0.448 e. The predicted molar refractivity (Wildman–Crippen MR) is 134 cm³/mol. The number of carbonyl (C=O) groups excluding carboxylic acids is 1. The van der Waals surface area contributed by atoms with Crippen molar-refractivity contribution in [2.45, 2.75) is 26.7 Å². The summed E-state index contributed by atoms with van der Waals surface area (Å²) in [5.74, 6) is -0.939. The Morgan fingerprint density at radius 2 is 1.89 bits per heavy atom. The number of nitrogens with two attached hydrogens (primary N) is 1. The summed E-state index contributed by atoms with van der Waals surface area (Å²) in [6, 6.07) is 16.6. The van der Waals surface area contributed by atoms with E-state index in [0.717, 1.165) is 16.5 Å². The number of allylic oxidation sites excluding steroid dienone is 1. The van der Waals surface area contributed by atoms with Gasteiger partial charge in [0.15, 0.2) is 0 Å². The Kier molecular flexibility index (Phi) is 5.65. The van der Waals surface area contributed by atoms with Gasteiger partial charge in [-0.1, -0.05) is 30.3 Å². The highest BCUT2D eigenvalue weighted by Gasteiger charge is 2.32. The first-order valence-electron chi connectivity index (χ1n) is 11.4. The maximum absolute atomic E-state index is 13.0. The summed E-state index contributed by atoms with van der Waals surface area (Å²) < 4.78 is 17.2. The summed E-state index contributed by atoms with van der Waals surface area (Å²) in [7, 11) is 0. The first kappa shape index (κ1) is 23.6. The fraction of sp³-hybridized carbons (Fsp3) is 0.143. The van der Waals surface area contributed by atoms with Crippen LogP contribution in [0.4, 0.5) is 5.69 Å². The Morgan fingerprint density at radius 1 is 1.11 bits per heavy atom. The molecule has 0 amide bonds. The third-order valence-corrected chi connectivity index (χ3v) is 6.63. The van der Waals surface area contributed by atoms with Gasteiger partial charge in [0.05, 0.1) is 10.8 Å². The molecule has 1 atom stereocenters. The normalized spacial score (nSPS) is 14.6. The van der Waals surface area contributed by atoms with E-state index in [-0.39, 0.29) is 34.4 Å². The van der Waals surface area contributed by atoms with E-state index in [1.807, 2.05) is 32.0 Å². The monoisotopic (exact) mass is 495 g/mol. The van der Waals surface area contributed by atoms with Crippen LogP contribution >= 0.6 is 0 Å². The number of furan rings is 1. The smallest absolute Gasteiger partial charge is 0.379 e. The Hall–Kier alpha value is -5.10. The highest BCUT2D eigenvalue weighted by molar-refractivity contribution is 5.98. The maximum Gasteiger partial charge on any atom is 0.379 e. The fourth-order valence-corrected chi connectivity index (χ4v) is 4.53. The average Bonchev–Trinajstić information content (AvgIpc) is 3.22. The molecular weight excluding hydrogens is 474 g/mol. The van der Waals surface area contributed by atoms with E-state index in [9.17, 15) is 20.2 Å². The maximum atomic E-state index is 13.0. The lowest BCUT2D eigenvalue weighted by Gasteiger charge is -2.26. The molecule has 0 saturated heterocycles. The van der Waals surface area contributed by atoms with Crippen LogP contribution in [0.5, 0.6) is 11.5 Å². The van der Waals surface area contributed by atoms with Gasteiger partial charge < -0.3 is 19.6 Å². The van der Waals surface area contributed by atoms with E-state index in [1.165, 1.54) is 18.2 Å². The van der Waals surface area contributed by atoms with Crippen molar-refractivity contribution >= 4 is 22.6 Å². The van der Waals surface area contributed by atoms with Crippen molar-refractivity contribution in [2.24, 2.45) is 5.73 Å². The van der Waals surface area contributed by atoms with E-state index in [4.69, 9.17) is 19.6 Å². The van der Waals surface area contributed by atoms with Gasteiger partial charge in [0.1, 0.15) is 28.7 Å². The molecule has 1 aliphatic rings. The number of esters is 1. The van der Waals surface area contributed by atoms with Gasteiger partial charge in [-0.15, -0.1) is 0 Å². The molecule has 0 aliphatic carbocycles. The molecule has 0 radical (unpaired) electrons. The SMILES string of the molecule is Cc1ccc2c(C)c(C(=O)Oc3ccc4c(c3)OC(N)=C(C#N)C4c3cccc([N+](=O)[O-])c3)oc2c1C. The number of aryl methyl sites for hydroxylation is 3. The lowest BCUT2D eigenvalue weighted by Crippen LogP contribution is -2.21. The van der Waals surface area contributed by atoms with Crippen molar-refractivity contribution in [1.29, 1.82) is 5.26 Å². The molecule has 9 heteroatoms. The Bertz CT molecular complexity index is 1690. The van der Waals surface area contributed by atoms with Crippen molar-refractivity contribution in [2.75, 3.05) is 0 Å². The van der Waals surface area contributed by atoms with E-state index < -0.39 is 16.8 Å². The van der Waals surface area contributed by atoms with Gasteiger partial charge >= 0.3 is 5.97 Å². The number of hydrogen-bond acceptors (Lipinski definition) is 8. The van der Waals surface area contributed by atoms with E-state index in [0.29, 0.717) is 22.3 Å². The number of nitro groups is 1. The van der Waals surface area contributed by atoms with Crippen LogP contribution in [-0.4, -0.2) is 10.9 Å². The molecule has 2 N–H and O–H groups in total. The number of nitriles is 1. The van der Waals surface area contributed by atoms with Crippen LogP contribution in [0.25, 0.3) is 11.0 Å². The average molecular weight is 495 g/mol. The number of ether oxygens (including phenoxy) is 2. The molecule has 0 fully saturated rings. The molecule has 3 aromatic carbocycles. The van der Waals surface area contributed by atoms with Gasteiger partial charge in [0, 0.05) is 34.7 Å². The zero-order valence-electron chi connectivity index (χ0n) is 20.2. The summed E-state index contributed by atoms with van der Waals surface area (Å²) in [6.45, 7) is 5.70. The largest absolute Gasteiger partial charge is 0.448 e. The summed E-state index contributed by atoms with van der Waals surface area (Å²) in [6.07, 6.45) is 0. The zero-order valence-corrected chi connectivity index (χ0v) is 20.2. The highest BCUT2D eigenvalue weighted by atomic mass is 16.6. The summed E-state index contributed by atoms with van der Waals surface area (Å²) in [5, 5.41) is 21.9. The molecule has 37 heavy (non-hydrogen) atoms. The van der Waals surface area contributed by atoms with Crippen LogP contribution < -0.4 is 15.2 Å². The molecule has 0 bridgehead atoms. The third-order valence-electron chi connectivity index (χ3n) is 6.63. The second-order valence-electron chi connectivity index (χ2n) is 8.81. The number of carbonyl (C=O) groups is 1. The lowest BCUT2D eigenvalue weighted by molar-refractivity contribution is -0.384. The third kappa shape index (κ3) is 3.94. The quantitative estimate of drug-likeness (QED) is 0.164. The Labute approximate surface area is 211 Å². The van der Waals surface area contributed by atoms with Crippen LogP contribution in [0.1, 0.15) is 44.3 Å². The summed E-state index contributed by atoms with van der Waals surface area (Å²) in [4.78, 5) is 23.8. The lowest BCUT2D eigenvalue weighted by atomic mass is 9.83. The molecule has 5 rings (SSSR count). The van der Waals surface area contributed by atoms with Crippen molar-refractivity contribution in [3.8, 4) is 17.6 Å². The van der Waals surface area contributed by atoms with E-state index in [2.05, 4.69) is 0 Å². The van der Waals surface area contributed by atoms with Crippen molar-refractivity contribution in [3.63, 3.8) is 0 Å². The van der Waals surface area contributed by atoms with E-state index in [1.54, 1.807) is 31.2 Å². The molecule has 1 unspecified atom stereocenters. The van der Waals surface area contributed by atoms with Gasteiger partial charge in [0.25, 0.3) is 5.69 Å². The molecule has 4 aromatic rings. The van der Waals surface area contributed by atoms with Crippen LogP contribution in [0, 0.1) is 42.2 Å². The van der Waals surface area contributed by atoms with E-state index >= 15 is 0 Å². The van der Waals surface area contributed by atoms with Crippen LogP contribution in [-0.2, 0) is 0 Å². The number of nitro benzene ring substituents is 1. The number of hydrogen-bond donors (Lipinski definition) is 1. The minimum atomic E-state index is -0.692. The molecular formula is C28H21N3O6. The number of rotatable bonds is 4. The molecule has 0 saturated carbocycles. The van der Waals surface area contributed by atoms with Gasteiger partial charge in [-0.05, 0) is 43.5 Å². The minimum absolute atomic E-state index is 0.1000. The molecule has 184 valence electrons. The standard InChI is InChI=1S/C28H21N3O6/c1-14-7-9-20-16(3)26(37-25(20)15(14)2)28(32)35-19-8-10-21-23(12-19)36-27(30)22(13-29)24(21)17-5-4-6-18(11-17)31(33)34/h4-12,24H,30H2,1-3H3. The molecule has 1 aromatic heterocycles. The zero-order chi connectivity index (χ0) is 26.4. The summed E-state index contributed by atoms with van der Waals surface area (Å²) in [5.41, 5.74) is 10.4. The highest BCUT2D eigenvalue weighted by Crippen LogP contribution is 2.44. The molecule has 1 aliphatic heterocycles. The molecule has 2 heterocycles. The van der Waals surface area contributed by atoms with Crippen molar-refractivity contribution in [3.05, 3.63) is 110 Å². The van der Waals surface area contributed by atoms with Gasteiger partial charge in [-0.25, -0.2) is 4.79 Å². The second-order valence-corrected chi connectivity index (χ2v) is 8.81. The van der Waals surface area contributed by atoms with Gasteiger partial charge in [0.2, 0.25) is 11.6 Å². The topological polar surface area (TPSA) is 142 Å². The molecule has 0 spiro atoms. The van der Waals surface area contributed by atoms with Crippen LogP contribution in [0.3, 0.4) is 0 Å².